The molecule has 90 valence electrons. The average molecular weight is 254 g/mol. The van der Waals surface area contributed by atoms with E-state index in [1.54, 1.807) is 0 Å². The van der Waals surface area contributed by atoms with Gasteiger partial charge in [-0.2, -0.15) is 0 Å². The molecule has 0 unspecified atom stereocenters. The fraction of sp³-hybridized carbons (Fsp3) is 0.455. The van der Waals surface area contributed by atoms with Crippen molar-refractivity contribution in [2.24, 2.45) is 0 Å². The normalized spacial score (nSPS) is 28.3. The Morgan fingerprint density at radius 1 is 1.47 bits per heavy atom. The number of hydrogen-bond donors (Lipinski definition) is 2. The Hall–Kier alpha value is -1.17. The summed E-state index contributed by atoms with van der Waals surface area (Å²) in [7, 11) is 0. The van der Waals surface area contributed by atoms with Crippen LogP contribution >= 0.6 is 11.6 Å². The van der Waals surface area contributed by atoms with Gasteiger partial charge in [0.15, 0.2) is 0 Å². The van der Waals surface area contributed by atoms with E-state index in [2.05, 4.69) is 9.97 Å². The van der Waals surface area contributed by atoms with Crippen LogP contribution in [0.5, 0.6) is 0 Å². The molecule has 0 radical (unpaired) electrons. The Balaban J connectivity index is 1.96. The molecule has 1 saturated carbocycles. The van der Waals surface area contributed by atoms with Gasteiger partial charge in [-0.25, -0.2) is 9.97 Å². The maximum absolute atomic E-state index is 9.79. The second-order valence-electron chi connectivity index (χ2n) is 4.57. The molecule has 0 amide bonds. The summed E-state index contributed by atoms with van der Waals surface area (Å²) >= 11 is 5.97. The zero-order chi connectivity index (χ0) is 12.0. The van der Waals surface area contributed by atoms with E-state index >= 15 is 0 Å². The Labute approximate surface area is 103 Å². The van der Waals surface area contributed by atoms with Gasteiger partial charge < -0.3 is 14.8 Å². The van der Waals surface area contributed by atoms with Gasteiger partial charge in [0.25, 0.3) is 0 Å². The fourth-order valence-corrected chi connectivity index (χ4v) is 2.57. The van der Waals surface area contributed by atoms with E-state index in [0.29, 0.717) is 18.0 Å². The van der Waals surface area contributed by atoms with Crippen LogP contribution in [0.15, 0.2) is 18.6 Å². The number of rotatable bonds is 2. The van der Waals surface area contributed by atoms with Gasteiger partial charge in [-0.15, -0.1) is 0 Å². The van der Waals surface area contributed by atoms with Crippen molar-refractivity contribution in [2.75, 3.05) is 6.61 Å². The summed E-state index contributed by atoms with van der Waals surface area (Å²) in [6, 6.07) is 2.03. The Morgan fingerprint density at radius 2 is 2.24 bits per heavy atom. The summed E-state index contributed by atoms with van der Waals surface area (Å²) in [5.74, 6) is 0. The maximum Gasteiger partial charge on any atom is 0.145 e. The van der Waals surface area contributed by atoms with Gasteiger partial charge in [-0.05, 0) is 18.9 Å². The van der Waals surface area contributed by atoms with Crippen LogP contribution in [0.2, 0.25) is 5.15 Å². The van der Waals surface area contributed by atoms with Crippen molar-refractivity contribution in [3.63, 3.8) is 0 Å². The van der Waals surface area contributed by atoms with Crippen LogP contribution in [0.25, 0.3) is 11.0 Å². The third kappa shape index (κ3) is 1.62. The van der Waals surface area contributed by atoms with E-state index in [1.807, 2.05) is 16.8 Å². The summed E-state index contributed by atoms with van der Waals surface area (Å²) in [6.45, 7) is -0.196. The van der Waals surface area contributed by atoms with Crippen molar-refractivity contribution in [3.05, 3.63) is 23.7 Å². The number of nitrogens with zero attached hydrogens (tertiary/aromatic N) is 3. The smallest absolute Gasteiger partial charge is 0.145 e. The van der Waals surface area contributed by atoms with Crippen molar-refractivity contribution in [3.8, 4) is 0 Å². The molecular weight excluding hydrogens is 242 g/mol. The van der Waals surface area contributed by atoms with Crippen molar-refractivity contribution >= 4 is 22.6 Å². The van der Waals surface area contributed by atoms with Gasteiger partial charge >= 0.3 is 0 Å². The summed E-state index contributed by atoms with van der Waals surface area (Å²) in [4.78, 5) is 8.12. The fourth-order valence-electron chi connectivity index (χ4n) is 2.38. The van der Waals surface area contributed by atoms with Gasteiger partial charge in [-0.3, -0.25) is 0 Å². The minimum atomic E-state index is -0.932. The van der Waals surface area contributed by atoms with Gasteiger partial charge in [0.1, 0.15) is 17.1 Å². The van der Waals surface area contributed by atoms with Crippen LogP contribution < -0.4 is 0 Å². The zero-order valence-electron chi connectivity index (χ0n) is 9.04. The lowest BCUT2D eigenvalue weighted by molar-refractivity contribution is -0.101. The van der Waals surface area contributed by atoms with Gasteiger partial charge in [0.05, 0.1) is 17.6 Å². The number of halogens is 1. The third-order valence-corrected chi connectivity index (χ3v) is 3.68. The predicted octanol–water partition coefficient (Wildman–Crippen LogP) is 1.14. The second kappa shape index (κ2) is 3.66. The topological polar surface area (TPSA) is 71.2 Å². The monoisotopic (exact) mass is 253 g/mol. The first kappa shape index (κ1) is 11.0. The second-order valence-corrected chi connectivity index (χ2v) is 4.93. The highest BCUT2D eigenvalue weighted by atomic mass is 35.5. The van der Waals surface area contributed by atoms with E-state index in [0.717, 1.165) is 11.0 Å². The first-order chi connectivity index (χ1) is 8.13. The number of fused-ring (bicyclic) bond motifs is 1. The quantitative estimate of drug-likeness (QED) is 0.788. The molecule has 0 aliphatic heterocycles. The lowest BCUT2D eigenvalue weighted by Gasteiger charge is -2.43. The van der Waals surface area contributed by atoms with Crippen LogP contribution in [0.1, 0.15) is 18.9 Å². The minimum absolute atomic E-state index is 0.163. The molecule has 0 aromatic carbocycles. The zero-order valence-corrected chi connectivity index (χ0v) is 9.80. The largest absolute Gasteiger partial charge is 0.393 e. The van der Waals surface area contributed by atoms with Crippen LogP contribution in [0.3, 0.4) is 0 Å². The molecule has 2 N–H and O–H groups in total. The van der Waals surface area contributed by atoms with Crippen LogP contribution in [0, 0.1) is 0 Å². The highest BCUT2D eigenvalue weighted by Gasteiger charge is 2.43. The Morgan fingerprint density at radius 3 is 2.94 bits per heavy atom. The molecular formula is C11H12ClN3O2. The Bertz CT molecular complexity index is 563. The predicted molar refractivity (Wildman–Crippen MR) is 62.8 cm³/mol. The molecule has 1 fully saturated rings. The van der Waals surface area contributed by atoms with E-state index in [-0.39, 0.29) is 12.6 Å². The van der Waals surface area contributed by atoms with Crippen molar-refractivity contribution in [2.45, 2.75) is 24.5 Å². The molecule has 0 saturated heterocycles. The van der Waals surface area contributed by atoms with Crippen molar-refractivity contribution in [1.82, 2.24) is 14.5 Å². The lowest BCUT2D eigenvalue weighted by atomic mass is 9.76. The van der Waals surface area contributed by atoms with Crippen LogP contribution in [-0.2, 0) is 0 Å². The lowest BCUT2D eigenvalue weighted by Crippen LogP contribution is -2.47. The number of hydrogen-bond acceptors (Lipinski definition) is 4. The van der Waals surface area contributed by atoms with Crippen molar-refractivity contribution in [1.29, 1.82) is 0 Å². The van der Waals surface area contributed by atoms with Gasteiger partial charge in [0, 0.05) is 12.2 Å². The number of aromatic nitrogens is 3. The minimum Gasteiger partial charge on any atom is -0.393 e. The van der Waals surface area contributed by atoms with E-state index in [1.165, 1.54) is 6.33 Å². The number of aliphatic hydroxyl groups excluding tert-OH is 1. The summed E-state index contributed by atoms with van der Waals surface area (Å²) in [6.07, 6.45) is 4.40. The first-order valence-corrected chi connectivity index (χ1v) is 5.81. The van der Waals surface area contributed by atoms with E-state index < -0.39 is 5.60 Å². The highest BCUT2D eigenvalue weighted by molar-refractivity contribution is 6.33. The molecule has 0 atom stereocenters. The standard InChI is InChI=1S/C11H12ClN3O2/c12-9-8-1-2-15(10(8)14-6-13-9)7-3-11(17,4-7)5-16/h1-2,6-7,16-17H,3-5H2. The number of aliphatic hydroxyl groups is 2. The SMILES string of the molecule is OCC1(O)CC(n2ccc3c(Cl)ncnc32)C1. The summed E-state index contributed by atoms with van der Waals surface area (Å²) in [5.41, 5.74) is -0.159. The highest BCUT2D eigenvalue weighted by Crippen LogP contribution is 2.42. The molecule has 0 spiro atoms. The molecule has 5 nitrogen and oxygen atoms in total. The summed E-state index contributed by atoms with van der Waals surface area (Å²) in [5, 5.41) is 20.1. The molecule has 2 aromatic rings. The molecule has 17 heavy (non-hydrogen) atoms. The van der Waals surface area contributed by atoms with Gasteiger partial charge in [-0.1, -0.05) is 11.6 Å². The average Bonchev–Trinajstić information content (AvgIpc) is 2.70. The van der Waals surface area contributed by atoms with Crippen molar-refractivity contribution < 1.29 is 10.2 Å². The third-order valence-electron chi connectivity index (χ3n) is 3.38. The summed E-state index contributed by atoms with van der Waals surface area (Å²) < 4.78 is 1.98. The van der Waals surface area contributed by atoms with Crippen LogP contribution in [-0.4, -0.2) is 37.0 Å². The Kier molecular flexibility index (Phi) is 2.36. The molecule has 1 aliphatic carbocycles. The first-order valence-electron chi connectivity index (χ1n) is 5.43. The van der Waals surface area contributed by atoms with Crippen LogP contribution in [0.4, 0.5) is 0 Å². The molecule has 0 bridgehead atoms. The molecule has 1 aliphatic rings. The van der Waals surface area contributed by atoms with E-state index in [4.69, 9.17) is 16.7 Å². The maximum atomic E-state index is 9.79. The molecule has 3 rings (SSSR count). The molecule has 6 heteroatoms. The molecule has 2 aromatic heterocycles. The molecule has 2 heterocycles. The van der Waals surface area contributed by atoms with E-state index in [9.17, 15) is 5.11 Å². The van der Waals surface area contributed by atoms with Gasteiger partial charge in [0.2, 0.25) is 0 Å².